The Morgan fingerprint density at radius 2 is 1.66 bits per heavy atom. The van der Waals surface area contributed by atoms with Crippen molar-refractivity contribution in [1.29, 1.82) is 0 Å². The van der Waals surface area contributed by atoms with Crippen LogP contribution in [0.2, 0.25) is 5.02 Å². The van der Waals surface area contributed by atoms with Crippen molar-refractivity contribution in [1.82, 2.24) is 13.7 Å². The third kappa shape index (κ3) is 3.71. The van der Waals surface area contributed by atoms with Gasteiger partial charge >= 0.3 is 5.69 Å². The zero-order valence-electron chi connectivity index (χ0n) is 16.2. The Hall–Kier alpha value is -3.25. The van der Waals surface area contributed by atoms with Gasteiger partial charge in [0.2, 0.25) is 5.91 Å². The molecule has 0 aliphatic carbocycles. The average Bonchev–Trinajstić information content (AvgIpc) is 3.31. The maximum Gasteiger partial charge on any atom is 0.328 e. The third-order valence-electron chi connectivity index (χ3n) is 5.18. The van der Waals surface area contributed by atoms with E-state index in [0.29, 0.717) is 10.7 Å². The minimum absolute atomic E-state index is 0.0983. The summed E-state index contributed by atoms with van der Waals surface area (Å²) in [5.41, 5.74) is 3.16. The van der Waals surface area contributed by atoms with Gasteiger partial charge in [-0.2, -0.15) is 0 Å². The number of carbonyl (C=O) groups excluding carboxylic acids is 1. The molecule has 0 aliphatic rings. The molecule has 0 radical (unpaired) electrons. The number of hydrogen-bond donors (Lipinski definition) is 1. The fraction of sp³-hybridized carbons (Fsp3) is 0.182. The lowest BCUT2D eigenvalue weighted by Crippen LogP contribution is -2.19. The molecule has 0 unspecified atom stereocenters. The average molecular weight is 409 g/mol. The van der Waals surface area contributed by atoms with Crippen LogP contribution in [0.5, 0.6) is 0 Å². The topological polar surface area (TPSA) is 61.0 Å². The Labute approximate surface area is 172 Å². The molecule has 148 valence electrons. The maximum atomic E-state index is 12.8. The molecule has 1 amide bonds. The highest BCUT2D eigenvalue weighted by molar-refractivity contribution is 6.30. The fourth-order valence-corrected chi connectivity index (χ4v) is 3.73. The summed E-state index contributed by atoms with van der Waals surface area (Å²) in [6.07, 6.45) is 4.15. The summed E-state index contributed by atoms with van der Waals surface area (Å²) in [7, 11) is 3.45. The lowest BCUT2D eigenvalue weighted by Gasteiger charge is -2.19. The molecule has 6 nitrogen and oxygen atoms in total. The molecule has 29 heavy (non-hydrogen) atoms. The van der Waals surface area contributed by atoms with E-state index in [-0.39, 0.29) is 24.1 Å². The first-order valence-corrected chi connectivity index (χ1v) is 9.65. The molecule has 0 saturated heterocycles. The summed E-state index contributed by atoms with van der Waals surface area (Å²) in [4.78, 5) is 24.9. The van der Waals surface area contributed by atoms with Gasteiger partial charge in [0.15, 0.2) is 0 Å². The van der Waals surface area contributed by atoms with Crippen molar-refractivity contribution < 1.29 is 4.79 Å². The predicted octanol–water partition coefficient (Wildman–Crippen LogP) is 3.95. The zero-order valence-corrected chi connectivity index (χ0v) is 16.9. The molecule has 4 rings (SSSR count). The van der Waals surface area contributed by atoms with Crippen LogP contribution in [0.1, 0.15) is 18.0 Å². The lowest BCUT2D eigenvalue weighted by molar-refractivity contribution is -0.116. The van der Waals surface area contributed by atoms with Crippen molar-refractivity contribution in [2.45, 2.75) is 12.5 Å². The number of hydrogen-bond acceptors (Lipinski definition) is 2. The molecule has 0 aliphatic heterocycles. The van der Waals surface area contributed by atoms with Crippen LogP contribution >= 0.6 is 11.6 Å². The van der Waals surface area contributed by atoms with Crippen molar-refractivity contribution in [3.63, 3.8) is 0 Å². The van der Waals surface area contributed by atoms with E-state index in [9.17, 15) is 9.59 Å². The van der Waals surface area contributed by atoms with Gasteiger partial charge in [0, 0.05) is 37.2 Å². The highest BCUT2D eigenvalue weighted by Gasteiger charge is 2.18. The number of fused-ring (bicyclic) bond motifs is 1. The van der Waals surface area contributed by atoms with Gasteiger partial charge in [0.05, 0.1) is 23.5 Å². The van der Waals surface area contributed by atoms with Gasteiger partial charge in [-0.15, -0.1) is 0 Å². The van der Waals surface area contributed by atoms with Crippen LogP contribution in [0, 0.1) is 0 Å². The van der Waals surface area contributed by atoms with E-state index in [2.05, 4.69) is 5.32 Å². The minimum Gasteiger partial charge on any atom is -0.346 e. The molecule has 2 aromatic carbocycles. The molecule has 4 aromatic rings. The summed E-state index contributed by atoms with van der Waals surface area (Å²) >= 11 is 6.02. The van der Waals surface area contributed by atoms with Crippen molar-refractivity contribution >= 4 is 34.2 Å². The van der Waals surface area contributed by atoms with E-state index in [1.54, 1.807) is 23.2 Å². The normalized spacial score (nSPS) is 12.2. The Morgan fingerprint density at radius 1 is 1.00 bits per heavy atom. The fourth-order valence-electron chi connectivity index (χ4n) is 3.61. The summed E-state index contributed by atoms with van der Waals surface area (Å²) < 4.78 is 5.16. The molecule has 0 bridgehead atoms. The number of nitrogens with zero attached hydrogens (tertiary/aromatic N) is 3. The number of amides is 1. The van der Waals surface area contributed by atoms with Gasteiger partial charge in [0.1, 0.15) is 0 Å². The Balaban J connectivity index is 1.58. The summed E-state index contributed by atoms with van der Waals surface area (Å²) in [5, 5.41) is 3.62. The highest BCUT2D eigenvalue weighted by atomic mass is 35.5. The van der Waals surface area contributed by atoms with E-state index >= 15 is 0 Å². The van der Waals surface area contributed by atoms with Gasteiger partial charge in [-0.3, -0.25) is 13.9 Å². The van der Waals surface area contributed by atoms with Crippen molar-refractivity contribution in [3.8, 4) is 0 Å². The van der Waals surface area contributed by atoms with Crippen molar-refractivity contribution in [3.05, 3.63) is 88.1 Å². The number of anilines is 1. The molecule has 0 spiro atoms. The summed E-state index contributed by atoms with van der Waals surface area (Å²) in [6, 6.07) is 16.7. The standard InChI is InChI=1S/C22H21ClN4O2/c1-25-18-10-9-17(13-20(18)26(2)22(25)29)24-21(28)14-19(27-11-3-4-12-27)15-5-7-16(23)8-6-15/h3-13,19H,14H2,1-2H3,(H,24,28)/t19-/m0/s1. The SMILES string of the molecule is Cn1c(=O)n(C)c2cc(NC(=O)C[C@@H](c3ccc(Cl)cc3)n3cccc3)ccc21. The maximum absolute atomic E-state index is 12.8. The van der Waals surface area contributed by atoms with Crippen LogP contribution in [0.4, 0.5) is 5.69 Å². The lowest BCUT2D eigenvalue weighted by atomic mass is 10.0. The van der Waals surface area contributed by atoms with Crippen LogP contribution in [0.3, 0.4) is 0 Å². The molecule has 2 heterocycles. The number of imidazole rings is 1. The van der Waals surface area contributed by atoms with Gasteiger partial charge in [-0.05, 0) is 48.0 Å². The molecular formula is C22H21ClN4O2. The monoisotopic (exact) mass is 408 g/mol. The number of nitrogens with one attached hydrogen (secondary N) is 1. The van der Waals surface area contributed by atoms with E-state index in [0.717, 1.165) is 16.6 Å². The second-order valence-corrected chi connectivity index (χ2v) is 7.49. The predicted molar refractivity (Wildman–Crippen MR) is 115 cm³/mol. The van der Waals surface area contributed by atoms with E-state index < -0.39 is 0 Å². The molecule has 2 aromatic heterocycles. The largest absolute Gasteiger partial charge is 0.346 e. The quantitative estimate of drug-likeness (QED) is 0.543. The number of halogens is 1. The van der Waals surface area contributed by atoms with Crippen molar-refractivity contribution in [2.24, 2.45) is 14.1 Å². The van der Waals surface area contributed by atoms with E-state index in [1.165, 1.54) is 0 Å². The second-order valence-electron chi connectivity index (χ2n) is 7.05. The number of aryl methyl sites for hydroxylation is 2. The smallest absolute Gasteiger partial charge is 0.328 e. The molecular weight excluding hydrogens is 388 g/mol. The third-order valence-corrected chi connectivity index (χ3v) is 5.43. The molecule has 0 fully saturated rings. The highest BCUT2D eigenvalue weighted by Crippen LogP contribution is 2.25. The first-order chi connectivity index (χ1) is 13.9. The van der Waals surface area contributed by atoms with Gasteiger partial charge in [0.25, 0.3) is 0 Å². The van der Waals surface area contributed by atoms with Crippen LogP contribution < -0.4 is 11.0 Å². The Morgan fingerprint density at radius 3 is 2.34 bits per heavy atom. The summed E-state index contributed by atoms with van der Waals surface area (Å²) in [6.45, 7) is 0. The van der Waals surface area contributed by atoms with Crippen LogP contribution in [-0.4, -0.2) is 19.6 Å². The molecule has 1 N–H and O–H groups in total. The number of rotatable bonds is 5. The number of aromatic nitrogens is 3. The van der Waals surface area contributed by atoms with Gasteiger partial charge in [-0.25, -0.2) is 4.79 Å². The van der Waals surface area contributed by atoms with Gasteiger partial charge < -0.3 is 9.88 Å². The zero-order chi connectivity index (χ0) is 20.5. The number of benzene rings is 2. The molecule has 7 heteroatoms. The first kappa shape index (κ1) is 19.1. The van der Waals surface area contributed by atoms with E-state index in [1.807, 2.05) is 71.6 Å². The summed E-state index contributed by atoms with van der Waals surface area (Å²) in [5.74, 6) is -0.112. The Kier molecular flexibility index (Phi) is 5.03. The molecule has 0 saturated carbocycles. The van der Waals surface area contributed by atoms with E-state index in [4.69, 9.17) is 11.6 Å². The second kappa shape index (κ2) is 7.64. The van der Waals surface area contributed by atoms with Crippen LogP contribution in [-0.2, 0) is 18.9 Å². The first-order valence-electron chi connectivity index (χ1n) is 9.27. The van der Waals surface area contributed by atoms with Crippen LogP contribution in [0.15, 0.2) is 71.8 Å². The number of carbonyl (C=O) groups is 1. The molecule has 1 atom stereocenters. The van der Waals surface area contributed by atoms with Crippen molar-refractivity contribution in [2.75, 3.05) is 5.32 Å². The minimum atomic E-state index is -0.146. The van der Waals surface area contributed by atoms with Crippen LogP contribution in [0.25, 0.3) is 11.0 Å². The Bertz CT molecular complexity index is 1220. The van der Waals surface area contributed by atoms with Gasteiger partial charge in [-0.1, -0.05) is 23.7 Å².